The summed E-state index contributed by atoms with van der Waals surface area (Å²) in [6.45, 7) is 3.04. The molecule has 0 radical (unpaired) electrons. The number of amides is 1. The Morgan fingerprint density at radius 1 is 1.09 bits per heavy atom. The van der Waals surface area contributed by atoms with Crippen molar-refractivity contribution in [1.82, 2.24) is 20.1 Å². The molecule has 5 rings (SSSR count). The van der Waals surface area contributed by atoms with Crippen molar-refractivity contribution in [2.75, 3.05) is 19.0 Å². The second kappa shape index (κ2) is 10.3. The molecule has 7 nitrogen and oxygen atoms in total. The molecule has 3 heterocycles. The van der Waals surface area contributed by atoms with E-state index in [0.717, 1.165) is 22.8 Å². The van der Waals surface area contributed by atoms with Crippen molar-refractivity contribution >= 4 is 29.0 Å². The Balaban J connectivity index is 1.27. The minimum absolute atomic E-state index is 0.0743. The number of para-hydroxylation sites is 1. The maximum atomic E-state index is 12.8. The molecule has 0 bridgehead atoms. The number of hydrogen-bond acceptors (Lipinski definition) is 7. The number of hydrogen-bond donors (Lipinski definition) is 1. The summed E-state index contributed by atoms with van der Waals surface area (Å²) >= 11 is 3.07. The van der Waals surface area contributed by atoms with Gasteiger partial charge in [0.15, 0.2) is 16.7 Å². The molecule has 1 aliphatic rings. The van der Waals surface area contributed by atoms with Crippen LogP contribution in [0.1, 0.15) is 29.2 Å². The second-order valence-electron chi connectivity index (χ2n) is 7.81. The first-order chi connectivity index (χ1) is 16.7. The standard InChI is InChI=1S/C25H24N4O3S2/c1-17(18-9-10-21-22(14-18)32-12-11-31-21)26-24(30)16-34-25-28-27-23(15-20-8-5-13-33-20)29(25)19-6-3-2-4-7-19/h2-10,13-14,17H,11-12,15-16H2,1H3,(H,26,30)/t17-/m1/s1. The van der Waals surface area contributed by atoms with Gasteiger partial charge in [-0.25, -0.2) is 0 Å². The molecule has 1 N–H and O–H groups in total. The predicted octanol–water partition coefficient (Wildman–Crippen LogP) is 4.66. The quantitative estimate of drug-likeness (QED) is 0.361. The smallest absolute Gasteiger partial charge is 0.230 e. The highest BCUT2D eigenvalue weighted by Crippen LogP contribution is 2.32. The van der Waals surface area contributed by atoms with Crippen molar-refractivity contribution in [2.45, 2.75) is 24.5 Å². The van der Waals surface area contributed by atoms with Crippen LogP contribution < -0.4 is 14.8 Å². The molecular formula is C25H24N4O3S2. The van der Waals surface area contributed by atoms with Gasteiger partial charge in [0.05, 0.1) is 11.8 Å². The van der Waals surface area contributed by atoms with E-state index in [1.165, 1.54) is 16.6 Å². The zero-order valence-electron chi connectivity index (χ0n) is 18.6. The van der Waals surface area contributed by atoms with Gasteiger partial charge in [-0.05, 0) is 48.2 Å². The van der Waals surface area contributed by atoms with E-state index in [0.29, 0.717) is 30.5 Å². The number of thioether (sulfide) groups is 1. The van der Waals surface area contributed by atoms with Gasteiger partial charge in [0.2, 0.25) is 5.91 Å². The molecule has 0 saturated carbocycles. The summed E-state index contributed by atoms with van der Waals surface area (Å²) in [5, 5.41) is 14.7. The van der Waals surface area contributed by atoms with Crippen molar-refractivity contribution < 1.29 is 14.3 Å². The number of fused-ring (bicyclic) bond motifs is 1. The van der Waals surface area contributed by atoms with Gasteiger partial charge in [0.1, 0.15) is 19.0 Å². The minimum Gasteiger partial charge on any atom is -0.486 e. The molecule has 2 aromatic heterocycles. The number of rotatable bonds is 8. The first-order valence-electron chi connectivity index (χ1n) is 11.0. The number of ether oxygens (including phenoxy) is 2. The van der Waals surface area contributed by atoms with Gasteiger partial charge in [-0.1, -0.05) is 42.1 Å². The van der Waals surface area contributed by atoms with Crippen LogP contribution in [-0.4, -0.2) is 39.6 Å². The third-order valence-corrected chi connectivity index (χ3v) is 7.21. The maximum absolute atomic E-state index is 12.8. The van der Waals surface area contributed by atoms with E-state index < -0.39 is 0 Å². The molecule has 174 valence electrons. The van der Waals surface area contributed by atoms with E-state index in [1.807, 2.05) is 66.1 Å². The zero-order valence-corrected chi connectivity index (χ0v) is 20.3. The number of nitrogens with zero attached hydrogens (tertiary/aromatic N) is 3. The van der Waals surface area contributed by atoms with E-state index in [-0.39, 0.29) is 17.7 Å². The highest BCUT2D eigenvalue weighted by molar-refractivity contribution is 7.99. The fraction of sp³-hybridized carbons (Fsp3) is 0.240. The molecule has 1 atom stereocenters. The van der Waals surface area contributed by atoms with Gasteiger partial charge in [0.25, 0.3) is 0 Å². The van der Waals surface area contributed by atoms with Crippen molar-refractivity contribution in [1.29, 1.82) is 0 Å². The Bertz CT molecular complexity index is 1260. The molecular weight excluding hydrogens is 468 g/mol. The van der Waals surface area contributed by atoms with Crippen LogP contribution >= 0.6 is 23.1 Å². The Hall–Kier alpha value is -3.30. The van der Waals surface area contributed by atoms with Gasteiger partial charge in [-0.2, -0.15) is 0 Å². The van der Waals surface area contributed by atoms with Crippen LogP contribution in [0.4, 0.5) is 0 Å². The molecule has 2 aromatic carbocycles. The molecule has 9 heteroatoms. The van der Waals surface area contributed by atoms with Crippen LogP contribution in [-0.2, 0) is 11.2 Å². The highest BCUT2D eigenvalue weighted by Gasteiger charge is 2.19. The van der Waals surface area contributed by atoms with Gasteiger partial charge < -0.3 is 14.8 Å². The average molecular weight is 493 g/mol. The minimum atomic E-state index is -0.162. The third kappa shape index (κ3) is 5.10. The molecule has 0 aliphatic carbocycles. The van der Waals surface area contributed by atoms with Gasteiger partial charge >= 0.3 is 0 Å². The monoisotopic (exact) mass is 492 g/mol. The molecule has 0 spiro atoms. The molecule has 1 amide bonds. The van der Waals surface area contributed by atoms with Gasteiger partial charge in [-0.3, -0.25) is 9.36 Å². The highest BCUT2D eigenvalue weighted by atomic mass is 32.2. The van der Waals surface area contributed by atoms with Crippen LogP contribution in [0.2, 0.25) is 0 Å². The first kappa shape index (κ1) is 22.5. The normalized spacial score (nSPS) is 13.4. The Kier molecular flexibility index (Phi) is 6.82. The summed E-state index contributed by atoms with van der Waals surface area (Å²) in [5.41, 5.74) is 1.94. The summed E-state index contributed by atoms with van der Waals surface area (Å²) in [4.78, 5) is 14.0. The summed E-state index contributed by atoms with van der Waals surface area (Å²) in [5.74, 6) is 2.46. The van der Waals surface area contributed by atoms with Crippen LogP contribution in [0, 0.1) is 0 Å². The lowest BCUT2D eigenvalue weighted by atomic mass is 10.1. The van der Waals surface area contributed by atoms with Crippen molar-refractivity contribution in [3.05, 3.63) is 82.3 Å². The fourth-order valence-corrected chi connectivity index (χ4v) is 5.22. The first-order valence-corrected chi connectivity index (χ1v) is 12.9. The summed E-state index contributed by atoms with van der Waals surface area (Å²) in [6, 6.07) is 19.7. The molecule has 34 heavy (non-hydrogen) atoms. The average Bonchev–Trinajstić information content (AvgIpc) is 3.53. The van der Waals surface area contributed by atoms with Crippen LogP contribution in [0.15, 0.2) is 71.2 Å². The molecule has 1 aliphatic heterocycles. The predicted molar refractivity (Wildman–Crippen MR) is 133 cm³/mol. The van der Waals surface area contributed by atoms with E-state index in [9.17, 15) is 4.79 Å². The van der Waals surface area contributed by atoms with Crippen molar-refractivity contribution in [2.24, 2.45) is 0 Å². The van der Waals surface area contributed by atoms with E-state index in [2.05, 4.69) is 27.0 Å². The molecule has 0 unspecified atom stereocenters. The molecule has 0 fully saturated rings. The van der Waals surface area contributed by atoms with Crippen molar-refractivity contribution in [3.63, 3.8) is 0 Å². The summed E-state index contributed by atoms with van der Waals surface area (Å²) in [7, 11) is 0. The Morgan fingerprint density at radius 2 is 1.91 bits per heavy atom. The van der Waals surface area contributed by atoms with E-state index in [4.69, 9.17) is 9.47 Å². The lowest BCUT2D eigenvalue weighted by Crippen LogP contribution is -2.28. The van der Waals surface area contributed by atoms with Crippen molar-refractivity contribution in [3.8, 4) is 17.2 Å². The van der Waals surface area contributed by atoms with Crippen LogP contribution in [0.3, 0.4) is 0 Å². The fourth-order valence-electron chi connectivity index (χ4n) is 3.74. The number of carbonyl (C=O) groups excluding carboxylic acids is 1. The molecule has 0 saturated heterocycles. The van der Waals surface area contributed by atoms with E-state index in [1.54, 1.807) is 11.3 Å². The number of aromatic nitrogens is 3. The summed E-state index contributed by atoms with van der Waals surface area (Å²) < 4.78 is 13.3. The summed E-state index contributed by atoms with van der Waals surface area (Å²) in [6.07, 6.45) is 0.688. The topological polar surface area (TPSA) is 78.3 Å². The molecule has 4 aromatic rings. The SMILES string of the molecule is C[C@@H](NC(=O)CSc1nnc(Cc2cccs2)n1-c1ccccc1)c1ccc2c(c1)OCCO2. The Morgan fingerprint density at radius 3 is 2.71 bits per heavy atom. The largest absolute Gasteiger partial charge is 0.486 e. The van der Waals surface area contributed by atoms with Crippen LogP contribution in [0.25, 0.3) is 5.69 Å². The second-order valence-corrected chi connectivity index (χ2v) is 9.78. The van der Waals surface area contributed by atoms with Gasteiger partial charge in [-0.15, -0.1) is 21.5 Å². The van der Waals surface area contributed by atoms with Crippen LogP contribution in [0.5, 0.6) is 11.5 Å². The lowest BCUT2D eigenvalue weighted by molar-refractivity contribution is -0.119. The zero-order chi connectivity index (χ0) is 23.3. The number of nitrogens with one attached hydrogen (secondary N) is 1. The van der Waals surface area contributed by atoms with Gasteiger partial charge in [0, 0.05) is 17.0 Å². The Labute approximate surface area is 206 Å². The number of benzene rings is 2. The lowest BCUT2D eigenvalue weighted by Gasteiger charge is -2.21. The third-order valence-electron chi connectivity index (χ3n) is 5.40. The number of carbonyl (C=O) groups is 1. The van der Waals surface area contributed by atoms with E-state index >= 15 is 0 Å². The number of thiophene rings is 1. The maximum Gasteiger partial charge on any atom is 0.230 e.